The molecular weight excluding hydrogens is 286 g/mol. The minimum atomic E-state index is 0.676. The minimum absolute atomic E-state index is 0.676. The van der Waals surface area contributed by atoms with Crippen LogP contribution in [0.2, 0.25) is 0 Å². The SMILES string of the molecule is Cc1cc(Sc2ccncc2N)ncc1Br. The van der Waals surface area contributed by atoms with E-state index in [4.69, 9.17) is 5.73 Å². The number of anilines is 1. The van der Waals surface area contributed by atoms with Crippen molar-refractivity contribution in [2.75, 3.05) is 5.73 Å². The van der Waals surface area contributed by atoms with Crippen molar-refractivity contribution in [3.8, 4) is 0 Å². The maximum Gasteiger partial charge on any atom is 0.101 e. The Morgan fingerprint density at radius 3 is 2.88 bits per heavy atom. The van der Waals surface area contributed by atoms with Crippen molar-refractivity contribution in [1.29, 1.82) is 0 Å². The summed E-state index contributed by atoms with van der Waals surface area (Å²) >= 11 is 4.96. The fourth-order valence-electron chi connectivity index (χ4n) is 1.17. The fraction of sp³-hybridized carbons (Fsp3) is 0.0909. The van der Waals surface area contributed by atoms with Gasteiger partial charge >= 0.3 is 0 Å². The van der Waals surface area contributed by atoms with E-state index in [1.54, 1.807) is 30.4 Å². The summed E-state index contributed by atoms with van der Waals surface area (Å²) in [5.74, 6) is 0. The highest BCUT2D eigenvalue weighted by Crippen LogP contribution is 2.31. The molecule has 0 saturated carbocycles. The Morgan fingerprint density at radius 1 is 1.38 bits per heavy atom. The van der Waals surface area contributed by atoms with E-state index < -0.39 is 0 Å². The van der Waals surface area contributed by atoms with Crippen molar-refractivity contribution >= 4 is 33.4 Å². The maximum atomic E-state index is 5.82. The van der Waals surface area contributed by atoms with E-state index in [2.05, 4.69) is 25.9 Å². The third-order valence-corrected chi connectivity index (χ3v) is 3.90. The number of pyridine rings is 2. The lowest BCUT2D eigenvalue weighted by Crippen LogP contribution is -1.90. The molecule has 0 aromatic carbocycles. The highest BCUT2D eigenvalue weighted by atomic mass is 79.9. The van der Waals surface area contributed by atoms with E-state index in [-0.39, 0.29) is 0 Å². The van der Waals surface area contributed by atoms with Crippen LogP contribution in [0.4, 0.5) is 5.69 Å². The second kappa shape index (κ2) is 4.84. The number of nitrogen functional groups attached to an aromatic ring is 1. The van der Waals surface area contributed by atoms with Gasteiger partial charge < -0.3 is 5.73 Å². The van der Waals surface area contributed by atoms with Crippen molar-refractivity contribution in [3.05, 3.63) is 40.8 Å². The topological polar surface area (TPSA) is 51.8 Å². The zero-order valence-electron chi connectivity index (χ0n) is 8.64. The van der Waals surface area contributed by atoms with Gasteiger partial charge in [0.25, 0.3) is 0 Å². The molecule has 0 spiro atoms. The van der Waals surface area contributed by atoms with Gasteiger partial charge in [0.05, 0.1) is 11.9 Å². The van der Waals surface area contributed by atoms with Crippen molar-refractivity contribution < 1.29 is 0 Å². The number of aryl methyl sites for hydroxylation is 1. The molecule has 2 N–H and O–H groups in total. The standard InChI is InChI=1S/C11H10BrN3S/c1-7-4-11(15-5-8(7)12)16-10-2-3-14-6-9(10)13/h2-6H,13H2,1H3. The molecule has 0 bridgehead atoms. The number of rotatable bonds is 2. The first-order valence-electron chi connectivity index (χ1n) is 4.66. The van der Waals surface area contributed by atoms with Gasteiger partial charge in [-0.05, 0) is 40.5 Å². The first-order chi connectivity index (χ1) is 7.66. The van der Waals surface area contributed by atoms with Crippen LogP contribution in [0.15, 0.2) is 45.1 Å². The molecule has 82 valence electrons. The average molecular weight is 296 g/mol. The van der Waals surface area contributed by atoms with Gasteiger partial charge in [0, 0.05) is 21.8 Å². The Balaban J connectivity index is 2.28. The molecule has 0 aliphatic heterocycles. The van der Waals surface area contributed by atoms with Crippen LogP contribution in [0.1, 0.15) is 5.56 Å². The van der Waals surface area contributed by atoms with Crippen LogP contribution in [-0.2, 0) is 0 Å². The molecule has 0 aliphatic carbocycles. The molecule has 2 heterocycles. The maximum absolute atomic E-state index is 5.82. The average Bonchev–Trinajstić information content (AvgIpc) is 2.27. The van der Waals surface area contributed by atoms with Gasteiger partial charge in [0.15, 0.2) is 0 Å². The minimum Gasteiger partial charge on any atom is -0.397 e. The first kappa shape index (κ1) is 11.4. The van der Waals surface area contributed by atoms with Crippen LogP contribution in [0.3, 0.4) is 0 Å². The van der Waals surface area contributed by atoms with Crippen LogP contribution < -0.4 is 5.73 Å². The summed E-state index contributed by atoms with van der Waals surface area (Å²) in [5.41, 5.74) is 7.65. The Hall–Kier alpha value is -1.07. The Bertz CT molecular complexity index is 516. The number of hydrogen-bond donors (Lipinski definition) is 1. The van der Waals surface area contributed by atoms with Crippen molar-refractivity contribution in [1.82, 2.24) is 9.97 Å². The predicted octanol–water partition coefficient (Wildman–Crippen LogP) is 3.28. The molecule has 2 rings (SSSR count). The monoisotopic (exact) mass is 295 g/mol. The fourth-order valence-corrected chi connectivity index (χ4v) is 2.25. The van der Waals surface area contributed by atoms with Gasteiger partial charge in [-0.3, -0.25) is 4.98 Å². The number of hydrogen-bond acceptors (Lipinski definition) is 4. The third kappa shape index (κ3) is 2.54. The number of aromatic nitrogens is 2. The molecule has 16 heavy (non-hydrogen) atoms. The van der Waals surface area contributed by atoms with Crippen molar-refractivity contribution in [2.45, 2.75) is 16.8 Å². The van der Waals surface area contributed by atoms with Crippen molar-refractivity contribution in [3.63, 3.8) is 0 Å². The summed E-state index contributed by atoms with van der Waals surface area (Å²) in [6.45, 7) is 2.03. The lowest BCUT2D eigenvalue weighted by Gasteiger charge is -2.05. The summed E-state index contributed by atoms with van der Waals surface area (Å²) in [4.78, 5) is 9.24. The van der Waals surface area contributed by atoms with E-state index >= 15 is 0 Å². The van der Waals surface area contributed by atoms with Crippen LogP contribution >= 0.6 is 27.7 Å². The van der Waals surface area contributed by atoms with E-state index in [9.17, 15) is 0 Å². The number of halogens is 1. The Labute approximate surface area is 107 Å². The highest BCUT2D eigenvalue weighted by Gasteiger charge is 2.04. The molecule has 0 saturated heterocycles. The van der Waals surface area contributed by atoms with E-state index in [0.29, 0.717) is 5.69 Å². The Morgan fingerprint density at radius 2 is 2.19 bits per heavy atom. The van der Waals surface area contributed by atoms with Gasteiger partial charge in [-0.15, -0.1) is 0 Å². The molecule has 0 amide bonds. The third-order valence-electron chi connectivity index (χ3n) is 2.05. The van der Waals surface area contributed by atoms with Gasteiger partial charge in [-0.25, -0.2) is 4.98 Å². The van der Waals surface area contributed by atoms with Crippen LogP contribution in [0.5, 0.6) is 0 Å². The molecule has 3 nitrogen and oxygen atoms in total. The zero-order chi connectivity index (χ0) is 11.5. The van der Waals surface area contributed by atoms with Gasteiger partial charge in [-0.1, -0.05) is 11.8 Å². The summed E-state index contributed by atoms with van der Waals surface area (Å²) < 4.78 is 1.01. The lowest BCUT2D eigenvalue weighted by molar-refractivity contribution is 1.10. The molecule has 0 fully saturated rings. The molecule has 5 heteroatoms. The molecule has 0 unspecified atom stereocenters. The summed E-state index contributed by atoms with van der Waals surface area (Å²) in [6.07, 6.45) is 5.17. The molecule has 2 aromatic rings. The van der Waals surface area contributed by atoms with E-state index in [1.165, 1.54) is 0 Å². The highest BCUT2D eigenvalue weighted by molar-refractivity contribution is 9.10. The second-order valence-corrected chi connectivity index (χ2v) is 5.20. The summed E-state index contributed by atoms with van der Waals surface area (Å²) in [6, 6.07) is 3.91. The first-order valence-corrected chi connectivity index (χ1v) is 6.27. The normalized spacial score (nSPS) is 10.4. The summed E-state index contributed by atoms with van der Waals surface area (Å²) in [5, 5.41) is 0.929. The Kier molecular flexibility index (Phi) is 3.46. The van der Waals surface area contributed by atoms with Gasteiger partial charge in [-0.2, -0.15) is 0 Å². The lowest BCUT2D eigenvalue weighted by atomic mass is 10.3. The predicted molar refractivity (Wildman–Crippen MR) is 69.4 cm³/mol. The van der Waals surface area contributed by atoms with Gasteiger partial charge in [0.2, 0.25) is 0 Å². The van der Waals surface area contributed by atoms with Gasteiger partial charge in [0.1, 0.15) is 5.03 Å². The van der Waals surface area contributed by atoms with Crippen LogP contribution in [-0.4, -0.2) is 9.97 Å². The molecule has 0 atom stereocenters. The smallest absolute Gasteiger partial charge is 0.101 e. The number of nitrogens with zero attached hydrogens (tertiary/aromatic N) is 2. The van der Waals surface area contributed by atoms with Crippen LogP contribution in [0.25, 0.3) is 0 Å². The van der Waals surface area contributed by atoms with E-state index in [1.807, 2.05) is 19.1 Å². The molecule has 2 aromatic heterocycles. The second-order valence-electron chi connectivity index (χ2n) is 3.29. The van der Waals surface area contributed by atoms with E-state index in [0.717, 1.165) is 20.0 Å². The van der Waals surface area contributed by atoms with Crippen molar-refractivity contribution in [2.24, 2.45) is 0 Å². The number of nitrogens with two attached hydrogens (primary N) is 1. The zero-order valence-corrected chi connectivity index (χ0v) is 11.0. The van der Waals surface area contributed by atoms with Crippen LogP contribution in [0, 0.1) is 6.92 Å². The molecule has 0 aliphatic rings. The summed E-state index contributed by atoms with van der Waals surface area (Å²) in [7, 11) is 0. The largest absolute Gasteiger partial charge is 0.397 e. The molecular formula is C11H10BrN3S. The molecule has 0 radical (unpaired) electrons. The quantitative estimate of drug-likeness (QED) is 0.924.